The monoisotopic (exact) mass is 237 g/mol. The van der Waals surface area contributed by atoms with Crippen molar-refractivity contribution in [2.45, 2.75) is 32.2 Å². The van der Waals surface area contributed by atoms with E-state index in [1.165, 1.54) is 18.3 Å². The molecule has 5 nitrogen and oxygen atoms in total. The molecule has 94 valence electrons. The number of aromatic amines is 1. The van der Waals surface area contributed by atoms with Crippen molar-refractivity contribution < 1.29 is 4.79 Å². The third kappa shape index (κ3) is 3.17. The minimum atomic E-state index is -0.368. The van der Waals surface area contributed by atoms with E-state index in [1.54, 1.807) is 0 Å². The molecule has 0 aliphatic rings. The number of pyridine rings is 1. The van der Waals surface area contributed by atoms with Crippen molar-refractivity contribution in [2.24, 2.45) is 5.73 Å². The molecule has 0 aliphatic heterocycles. The van der Waals surface area contributed by atoms with Crippen LogP contribution in [-0.2, 0) is 0 Å². The molecule has 0 saturated heterocycles. The number of hydrogen-bond acceptors (Lipinski definition) is 3. The summed E-state index contributed by atoms with van der Waals surface area (Å²) >= 11 is 0. The quantitative estimate of drug-likeness (QED) is 0.701. The summed E-state index contributed by atoms with van der Waals surface area (Å²) in [7, 11) is 0. The van der Waals surface area contributed by atoms with Crippen LogP contribution in [0.2, 0.25) is 0 Å². The Labute approximate surface area is 100 Å². The summed E-state index contributed by atoms with van der Waals surface area (Å²) in [5.41, 5.74) is 5.55. The van der Waals surface area contributed by atoms with Gasteiger partial charge in [0.25, 0.3) is 5.91 Å². The van der Waals surface area contributed by atoms with E-state index in [0.717, 1.165) is 12.8 Å². The van der Waals surface area contributed by atoms with Crippen molar-refractivity contribution in [3.63, 3.8) is 0 Å². The van der Waals surface area contributed by atoms with E-state index in [2.05, 4.69) is 10.3 Å². The summed E-state index contributed by atoms with van der Waals surface area (Å²) in [6.45, 7) is 4.38. The van der Waals surface area contributed by atoms with Gasteiger partial charge in [-0.15, -0.1) is 0 Å². The van der Waals surface area contributed by atoms with Crippen LogP contribution >= 0.6 is 0 Å². The van der Waals surface area contributed by atoms with E-state index in [4.69, 9.17) is 5.73 Å². The summed E-state index contributed by atoms with van der Waals surface area (Å²) in [5, 5.41) is 2.93. The van der Waals surface area contributed by atoms with E-state index in [1.807, 2.05) is 13.8 Å². The molecule has 0 saturated carbocycles. The number of nitrogens with two attached hydrogens (primary N) is 1. The fourth-order valence-electron chi connectivity index (χ4n) is 1.63. The van der Waals surface area contributed by atoms with E-state index in [9.17, 15) is 9.59 Å². The lowest BCUT2D eigenvalue weighted by Crippen LogP contribution is -2.52. The number of hydrogen-bond donors (Lipinski definition) is 3. The minimum absolute atomic E-state index is 0.213. The van der Waals surface area contributed by atoms with Gasteiger partial charge in [0.15, 0.2) is 0 Å². The lowest BCUT2D eigenvalue weighted by molar-refractivity contribution is 0.0895. The number of H-pyrrole nitrogens is 1. The van der Waals surface area contributed by atoms with Crippen molar-refractivity contribution in [3.8, 4) is 0 Å². The van der Waals surface area contributed by atoms with Crippen molar-refractivity contribution in [1.29, 1.82) is 0 Å². The zero-order valence-electron chi connectivity index (χ0n) is 10.2. The molecular formula is C12H19N3O2. The van der Waals surface area contributed by atoms with Crippen LogP contribution in [0.25, 0.3) is 0 Å². The maximum absolute atomic E-state index is 12.0. The Kier molecular flexibility index (Phi) is 4.45. The van der Waals surface area contributed by atoms with Crippen molar-refractivity contribution >= 4 is 5.91 Å². The predicted molar refractivity (Wildman–Crippen MR) is 66.9 cm³/mol. The van der Waals surface area contributed by atoms with E-state index >= 15 is 0 Å². The summed E-state index contributed by atoms with van der Waals surface area (Å²) in [6.07, 6.45) is 2.95. The predicted octanol–water partition coefficient (Wildman–Crippen LogP) is 0.622. The largest absolute Gasteiger partial charge is 0.345 e. The fraction of sp³-hybridized carbons (Fsp3) is 0.500. The molecule has 1 heterocycles. The first-order valence-electron chi connectivity index (χ1n) is 5.78. The Morgan fingerprint density at radius 1 is 1.41 bits per heavy atom. The Morgan fingerprint density at radius 2 is 2.06 bits per heavy atom. The molecule has 0 radical (unpaired) electrons. The first-order valence-corrected chi connectivity index (χ1v) is 5.78. The molecule has 5 heteroatoms. The highest BCUT2D eigenvalue weighted by atomic mass is 16.2. The number of amides is 1. The highest BCUT2D eigenvalue weighted by molar-refractivity contribution is 5.94. The highest BCUT2D eigenvalue weighted by Gasteiger charge is 2.26. The average Bonchev–Trinajstić information content (AvgIpc) is 2.37. The molecule has 0 aromatic carbocycles. The second-order valence-corrected chi connectivity index (χ2v) is 4.09. The lowest BCUT2D eigenvalue weighted by Gasteiger charge is -2.31. The number of rotatable bonds is 5. The van der Waals surface area contributed by atoms with Crippen LogP contribution in [0.5, 0.6) is 0 Å². The van der Waals surface area contributed by atoms with Crippen LogP contribution in [0.1, 0.15) is 37.0 Å². The SMILES string of the molecule is CCC(CC)(CN)NC(=O)c1ccc(=O)[nH]c1. The van der Waals surface area contributed by atoms with Gasteiger partial charge in [0, 0.05) is 18.8 Å². The molecule has 1 rings (SSSR count). The van der Waals surface area contributed by atoms with Crippen molar-refractivity contribution in [1.82, 2.24) is 10.3 Å². The lowest BCUT2D eigenvalue weighted by atomic mass is 9.92. The third-order valence-electron chi connectivity index (χ3n) is 3.17. The Hall–Kier alpha value is -1.62. The molecule has 0 aliphatic carbocycles. The average molecular weight is 237 g/mol. The summed E-state index contributed by atoms with van der Waals surface area (Å²) in [4.78, 5) is 25.3. The Bertz CT molecular complexity index is 407. The molecule has 0 spiro atoms. The summed E-state index contributed by atoms with van der Waals surface area (Å²) in [6, 6.07) is 2.83. The van der Waals surface area contributed by atoms with E-state index < -0.39 is 0 Å². The zero-order chi connectivity index (χ0) is 12.9. The maximum Gasteiger partial charge on any atom is 0.253 e. The second-order valence-electron chi connectivity index (χ2n) is 4.09. The normalized spacial score (nSPS) is 11.2. The third-order valence-corrected chi connectivity index (χ3v) is 3.17. The van der Waals surface area contributed by atoms with Gasteiger partial charge in [-0.05, 0) is 18.9 Å². The van der Waals surface area contributed by atoms with Crippen LogP contribution in [0.3, 0.4) is 0 Å². The highest BCUT2D eigenvalue weighted by Crippen LogP contribution is 2.14. The molecule has 0 fully saturated rings. The number of nitrogens with one attached hydrogen (secondary N) is 2. The van der Waals surface area contributed by atoms with Crippen molar-refractivity contribution in [3.05, 3.63) is 34.2 Å². The first-order chi connectivity index (χ1) is 8.06. The second kappa shape index (κ2) is 5.63. The molecule has 17 heavy (non-hydrogen) atoms. The summed E-state index contributed by atoms with van der Waals surface area (Å²) < 4.78 is 0. The molecule has 0 bridgehead atoms. The van der Waals surface area contributed by atoms with Gasteiger partial charge in [-0.3, -0.25) is 9.59 Å². The molecule has 4 N–H and O–H groups in total. The molecule has 1 aromatic rings. The Morgan fingerprint density at radius 3 is 2.47 bits per heavy atom. The number of carbonyl (C=O) groups excluding carboxylic acids is 1. The molecule has 1 aromatic heterocycles. The van der Waals surface area contributed by atoms with Gasteiger partial charge < -0.3 is 16.0 Å². The van der Waals surface area contributed by atoms with Crippen LogP contribution in [0.4, 0.5) is 0 Å². The zero-order valence-corrected chi connectivity index (χ0v) is 10.2. The van der Waals surface area contributed by atoms with Crippen LogP contribution in [-0.4, -0.2) is 23.0 Å². The van der Waals surface area contributed by atoms with Crippen molar-refractivity contribution in [2.75, 3.05) is 6.54 Å². The molecule has 0 unspecified atom stereocenters. The van der Waals surface area contributed by atoms with Gasteiger partial charge in [0.05, 0.1) is 11.1 Å². The molecule has 0 atom stereocenters. The van der Waals surface area contributed by atoms with Crippen LogP contribution < -0.4 is 16.6 Å². The number of aromatic nitrogens is 1. The Balaban J connectivity index is 2.84. The topological polar surface area (TPSA) is 88.0 Å². The van der Waals surface area contributed by atoms with Gasteiger partial charge in [-0.2, -0.15) is 0 Å². The van der Waals surface area contributed by atoms with Gasteiger partial charge in [0.1, 0.15) is 0 Å². The van der Waals surface area contributed by atoms with Gasteiger partial charge >= 0.3 is 0 Å². The molecular weight excluding hydrogens is 218 g/mol. The van der Waals surface area contributed by atoms with E-state index in [0.29, 0.717) is 12.1 Å². The fourth-order valence-corrected chi connectivity index (χ4v) is 1.63. The smallest absolute Gasteiger partial charge is 0.253 e. The molecule has 1 amide bonds. The van der Waals surface area contributed by atoms with Gasteiger partial charge in [-0.25, -0.2) is 0 Å². The number of carbonyl (C=O) groups is 1. The maximum atomic E-state index is 12.0. The standard InChI is InChI=1S/C12H19N3O2/c1-3-12(4-2,8-13)15-11(17)9-5-6-10(16)14-7-9/h5-7H,3-4,8,13H2,1-2H3,(H,14,16)(H,15,17). The van der Waals surface area contributed by atoms with E-state index in [-0.39, 0.29) is 17.0 Å². The van der Waals surface area contributed by atoms with Gasteiger partial charge in [0.2, 0.25) is 5.56 Å². The minimum Gasteiger partial charge on any atom is -0.345 e. The van der Waals surface area contributed by atoms with Crippen LogP contribution in [0, 0.1) is 0 Å². The summed E-state index contributed by atoms with van der Waals surface area (Å²) in [5.74, 6) is -0.213. The van der Waals surface area contributed by atoms with Gasteiger partial charge in [-0.1, -0.05) is 13.8 Å². The van der Waals surface area contributed by atoms with Crippen LogP contribution in [0.15, 0.2) is 23.1 Å². The first kappa shape index (κ1) is 13.4.